The lowest BCUT2D eigenvalue weighted by atomic mass is 9.99. The highest BCUT2D eigenvalue weighted by atomic mass is 19.4. The molecule has 2 heterocycles. The van der Waals surface area contributed by atoms with E-state index in [9.17, 15) is 18.0 Å². The maximum atomic E-state index is 12.8. The SMILES string of the molecule is CN(C)C(=O)c1cnc(N(C)C)nc1C1CCN(Cc2ccc(C(F)(F)F)cc2)C1. The van der Waals surface area contributed by atoms with E-state index in [-0.39, 0.29) is 11.8 Å². The first-order valence-corrected chi connectivity index (χ1v) is 9.70. The summed E-state index contributed by atoms with van der Waals surface area (Å²) in [6.45, 7) is 2.01. The predicted octanol–water partition coefficient (Wildman–Crippen LogP) is 3.25. The number of anilines is 1. The summed E-state index contributed by atoms with van der Waals surface area (Å²) in [4.78, 5) is 27.0. The monoisotopic (exact) mass is 421 g/mol. The van der Waals surface area contributed by atoms with E-state index >= 15 is 0 Å². The molecule has 0 radical (unpaired) electrons. The lowest BCUT2D eigenvalue weighted by molar-refractivity contribution is -0.137. The first-order valence-electron chi connectivity index (χ1n) is 9.70. The molecule has 1 saturated heterocycles. The van der Waals surface area contributed by atoms with Gasteiger partial charge < -0.3 is 9.80 Å². The van der Waals surface area contributed by atoms with Gasteiger partial charge in [0.05, 0.1) is 16.8 Å². The van der Waals surface area contributed by atoms with Gasteiger partial charge in [0.1, 0.15) is 0 Å². The number of benzene rings is 1. The molecule has 9 heteroatoms. The number of carbonyl (C=O) groups excluding carboxylic acids is 1. The van der Waals surface area contributed by atoms with Crippen LogP contribution in [0.5, 0.6) is 0 Å². The lowest BCUT2D eigenvalue weighted by Gasteiger charge is -2.20. The molecule has 1 unspecified atom stereocenters. The second kappa shape index (κ2) is 8.59. The third kappa shape index (κ3) is 4.89. The third-order valence-corrected chi connectivity index (χ3v) is 5.19. The van der Waals surface area contributed by atoms with Gasteiger partial charge in [-0.1, -0.05) is 12.1 Å². The Bertz CT molecular complexity index is 897. The van der Waals surface area contributed by atoms with Crippen molar-refractivity contribution in [2.24, 2.45) is 0 Å². The van der Waals surface area contributed by atoms with E-state index < -0.39 is 11.7 Å². The maximum absolute atomic E-state index is 12.8. The molecule has 0 N–H and O–H groups in total. The fourth-order valence-corrected chi connectivity index (χ4v) is 3.57. The van der Waals surface area contributed by atoms with Gasteiger partial charge in [0.2, 0.25) is 5.95 Å². The summed E-state index contributed by atoms with van der Waals surface area (Å²) in [6.07, 6.45) is -1.93. The van der Waals surface area contributed by atoms with Crippen LogP contribution in [0, 0.1) is 0 Å². The van der Waals surface area contributed by atoms with Crippen LogP contribution in [0.4, 0.5) is 19.1 Å². The standard InChI is InChI=1S/C21H26F3N5O/c1-27(2)19(30)17-11-25-20(28(3)4)26-18(17)15-9-10-29(13-15)12-14-5-7-16(8-6-14)21(22,23)24/h5-8,11,15H,9-10,12-13H2,1-4H3. The average Bonchev–Trinajstić information content (AvgIpc) is 3.14. The van der Waals surface area contributed by atoms with Crippen LogP contribution in [0.2, 0.25) is 0 Å². The van der Waals surface area contributed by atoms with Crippen LogP contribution in [-0.4, -0.2) is 67.0 Å². The minimum atomic E-state index is -4.33. The zero-order chi connectivity index (χ0) is 22.1. The topological polar surface area (TPSA) is 52.6 Å². The van der Waals surface area contributed by atoms with E-state index in [1.165, 1.54) is 17.0 Å². The Morgan fingerprint density at radius 1 is 1.17 bits per heavy atom. The summed E-state index contributed by atoms with van der Waals surface area (Å²) in [5.41, 5.74) is 1.40. The zero-order valence-electron chi connectivity index (χ0n) is 17.6. The van der Waals surface area contributed by atoms with Crippen molar-refractivity contribution in [1.82, 2.24) is 19.8 Å². The van der Waals surface area contributed by atoms with Crippen molar-refractivity contribution in [1.29, 1.82) is 0 Å². The Hall–Kier alpha value is -2.68. The van der Waals surface area contributed by atoms with Crippen LogP contribution >= 0.6 is 0 Å². The van der Waals surface area contributed by atoms with E-state index in [0.717, 1.165) is 36.4 Å². The predicted molar refractivity (Wildman–Crippen MR) is 108 cm³/mol. The van der Waals surface area contributed by atoms with Crippen LogP contribution in [0.1, 0.15) is 39.5 Å². The van der Waals surface area contributed by atoms with Crippen molar-refractivity contribution in [3.63, 3.8) is 0 Å². The van der Waals surface area contributed by atoms with Crippen molar-refractivity contribution in [3.8, 4) is 0 Å². The van der Waals surface area contributed by atoms with Crippen LogP contribution in [0.15, 0.2) is 30.5 Å². The molecule has 1 amide bonds. The summed E-state index contributed by atoms with van der Waals surface area (Å²) in [7, 11) is 7.07. The van der Waals surface area contributed by atoms with Crippen molar-refractivity contribution in [2.45, 2.75) is 25.1 Å². The minimum absolute atomic E-state index is 0.0556. The molecule has 1 aliphatic rings. The molecule has 0 aliphatic carbocycles. The highest BCUT2D eigenvalue weighted by Crippen LogP contribution is 2.32. The van der Waals surface area contributed by atoms with Gasteiger partial charge in [-0.25, -0.2) is 9.97 Å². The van der Waals surface area contributed by atoms with Gasteiger partial charge in [0.15, 0.2) is 0 Å². The van der Waals surface area contributed by atoms with E-state index in [4.69, 9.17) is 0 Å². The quantitative estimate of drug-likeness (QED) is 0.742. The number of aromatic nitrogens is 2. The van der Waals surface area contributed by atoms with Crippen molar-refractivity contribution >= 4 is 11.9 Å². The van der Waals surface area contributed by atoms with Gasteiger partial charge in [0, 0.05) is 53.4 Å². The molecule has 1 atom stereocenters. The van der Waals surface area contributed by atoms with Gasteiger partial charge in [-0.2, -0.15) is 13.2 Å². The lowest BCUT2D eigenvalue weighted by Crippen LogP contribution is -2.26. The van der Waals surface area contributed by atoms with E-state index in [1.807, 2.05) is 14.1 Å². The van der Waals surface area contributed by atoms with Gasteiger partial charge in [-0.05, 0) is 30.7 Å². The Morgan fingerprint density at radius 3 is 2.40 bits per heavy atom. The molecule has 30 heavy (non-hydrogen) atoms. The second-order valence-electron chi connectivity index (χ2n) is 7.98. The number of amides is 1. The number of halogens is 3. The van der Waals surface area contributed by atoms with E-state index in [1.54, 1.807) is 25.2 Å². The summed E-state index contributed by atoms with van der Waals surface area (Å²) in [6, 6.07) is 5.27. The van der Waals surface area contributed by atoms with Crippen LogP contribution in [-0.2, 0) is 12.7 Å². The summed E-state index contributed by atoms with van der Waals surface area (Å²) in [5, 5.41) is 0. The molecule has 1 aromatic carbocycles. The van der Waals surface area contributed by atoms with Gasteiger partial charge in [-0.3, -0.25) is 9.69 Å². The fraction of sp³-hybridized carbons (Fsp3) is 0.476. The van der Waals surface area contributed by atoms with Crippen molar-refractivity contribution in [2.75, 3.05) is 46.2 Å². The maximum Gasteiger partial charge on any atom is 0.416 e. The molecular weight excluding hydrogens is 395 g/mol. The summed E-state index contributed by atoms with van der Waals surface area (Å²) in [5.74, 6) is 0.457. The number of nitrogens with zero attached hydrogens (tertiary/aromatic N) is 5. The largest absolute Gasteiger partial charge is 0.416 e. The highest BCUT2D eigenvalue weighted by molar-refractivity contribution is 5.95. The van der Waals surface area contributed by atoms with Crippen molar-refractivity contribution in [3.05, 3.63) is 52.8 Å². The molecule has 0 saturated carbocycles. The Kier molecular flexibility index (Phi) is 6.30. The van der Waals surface area contributed by atoms with Crippen LogP contribution in [0.25, 0.3) is 0 Å². The molecule has 2 aromatic rings. The van der Waals surface area contributed by atoms with Gasteiger partial charge >= 0.3 is 6.18 Å². The molecule has 1 fully saturated rings. The van der Waals surface area contributed by atoms with Gasteiger partial charge in [-0.15, -0.1) is 0 Å². The molecule has 162 valence electrons. The fourth-order valence-electron chi connectivity index (χ4n) is 3.57. The molecule has 1 aromatic heterocycles. The van der Waals surface area contributed by atoms with Crippen LogP contribution in [0.3, 0.4) is 0 Å². The molecule has 1 aliphatic heterocycles. The molecule has 6 nitrogen and oxygen atoms in total. The Balaban J connectivity index is 1.77. The first-order chi connectivity index (χ1) is 14.1. The van der Waals surface area contributed by atoms with Crippen molar-refractivity contribution < 1.29 is 18.0 Å². The smallest absolute Gasteiger partial charge is 0.347 e. The molecule has 3 rings (SSSR count). The normalized spacial score (nSPS) is 17.2. The Labute approximate surface area is 174 Å². The molecule has 0 bridgehead atoms. The van der Waals surface area contributed by atoms with Gasteiger partial charge in [0.25, 0.3) is 5.91 Å². The first kappa shape index (κ1) is 22.0. The summed E-state index contributed by atoms with van der Waals surface area (Å²) >= 11 is 0. The number of carbonyl (C=O) groups is 1. The number of hydrogen-bond donors (Lipinski definition) is 0. The number of alkyl halides is 3. The highest BCUT2D eigenvalue weighted by Gasteiger charge is 2.31. The van der Waals surface area contributed by atoms with E-state index in [2.05, 4.69) is 14.9 Å². The molecule has 0 spiro atoms. The summed E-state index contributed by atoms with van der Waals surface area (Å²) < 4.78 is 38.3. The minimum Gasteiger partial charge on any atom is -0.347 e. The van der Waals surface area contributed by atoms with E-state index in [0.29, 0.717) is 24.6 Å². The number of rotatable bonds is 5. The number of hydrogen-bond acceptors (Lipinski definition) is 5. The zero-order valence-corrected chi connectivity index (χ0v) is 17.6. The Morgan fingerprint density at radius 2 is 1.83 bits per heavy atom. The number of likely N-dealkylation sites (tertiary alicyclic amines) is 1. The average molecular weight is 421 g/mol. The van der Waals surface area contributed by atoms with Crippen LogP contribution < -0.4 is 4.90 Å². The third-order valence-electron chi connectivity index (χ3n) is 5.19. The second-order valence-corrected chi connectivity index (χ2v) is 7.98. The molecular formula is C21H26F3N5O.